The SMILES string of the molecule is COc1cc(CNC(=O)C(C)SCc2ccccc2)ccc1OC(F)F. The number of ether oxygens (including phenoxy) is 2. The highest BCUT2D eigenvalue weighted by Crippen LogP contribution is 2.29. The van der Waals surface area contributed by atoms with Gasteiger partial charge in [-0.2, -0.15) is 8.78 Å². The van der Waals surface area contributed by atoms with E-state index in [9.17, 15) is 13.6 Å². The third kappa shape index (κ3) is 6.22. The molecule has 4 nitrogen and oxygen atoms in total. The minimum Gasteiger partial charge on any atom is -0.493 e. The fraction of sp³-hybridized carbons (Fsp3) is 0.316. The van der Waals surface area contributed by atoms with E-state index in [4.69, 9.17) is 4.74 Å². The van der Waals surface area contributed by atoms with Crippen LogP contribution in [0.3, 0.4) is 0 Å². The first kappa shape index (κ1) is 20.0. The van der Waals surface area contributed by atoms with Crippen molar-refractivity contribution in [2.24, 2.45) is 0 Å². The zero-order valence-corrected chi connectivity index (χ0v) is 15.4. The van der Waals surface area contributed by atoms with E-state index < -0.39 is 6.61 Å². The van der Waals surface area contributed by atoms with Gasteiger partial charge in [0.1, 0.15) is 0 Å². The quantitative estimate of drug-likeness (QED) is 0.706. The van der Waals surface area contributed by atoms with Crippen molar-refractivity contribution in [3.05, 3.63) is 59.7 Å². The first-order chi connectivity index (χ1) is 12.5. The molecule has 1 N–H and O–H groups in total. The Bertz CT molecular complexity index is 713. The number of rotatable bonds is 9. The lowest BCUT2D eigenvalue weighted by Crippen LogP contribution is -2.30. The number of hydrogen-bond acceptors (Lipinski definition) is 4. The van der Waals surface area contributed by atoms with Crippen molar-refractivity contribution in [1.82, 2.24) is 5.32 Å². The van der Waals surface area contributed by atoms with Crippen molar-refractivity contribution in [3.8, 4) is 11.5 Å². The Morgan fingerprint density at radius 1 is 1.12 bits per heavy atom. The molecule has 2 rings (SSSR count). The highest BCUT2D eigenvalue weighted by Gasteiger charge is 2.14. The molecule has 0 bridgehead atoms. The van der Waals surface area contributed by atoms with E-state index in [-0.39, 0.29) is 29.2 Å². The highest BCUT2D eigenvalue weighted by atomic mass is 32.2. The van der Waals surface area contributed by atoms with E-state index in [1.54, 1.807) is 23.9 Å². The van der Waals surface area contributed by atoms with Crippen LogP contribution in [0.4, 0.5) is 8.78 Å². The van der Waals surface area contributed by atoms with Gasteiger partial charge in [0, 0.05) is 12.3 Å². The van der Waals surface area contributed by atoms with Gasteiger partial charge in [-0.15, -0.1) is 11.8 Å². The largest absolute Gasteiger partial charge is 0.493 e. The zero-order chi connectivity index (χ0) is 18.9. The topological polar surface area (TPSA) is 47.6 Å². The molecule has 0 spiro atoms. The van der Waals surface area contributed by atoms with Gasteiger partial charge in [0.2, 0.25) is 5.91 Å². The average Bonchev–Trinajstić information content (AvgIpc) is 2.65. The number of halogens is 2. The third-order valence-corrected chi connectivity index (χ3v) is 4.84. The minimum atomic E-state index is -2.92. The van der Waals surface area contributed by atoms with E-state index in [0.717, 1.165) is 16.9 Å². The molecule has 26 heavy (non-hydrogen) atoms. The Kier molecular flexibility index (Phi) is 7.72. The Hall–Kier alpha value is -2.28. The predicted octanol–water partition coefficient (Wildman–Crippen LogP) is 4.23. The van der Waals surface area contributed by atoms with Crippen molar-refractivity contribution in [3.63, 3.8) is 0 Å². The molecule has 0 aromatic heterocycles. The molecule has 0 saturated carbocycles. The van der Waals surface area contributed by atoms with Gasteiger partial charge in [-0.3, -0.25) is 4.79 Å². The fourth-order valence-corrected chi connectivity index (χ4v) is 3.09. The lowest BCUT2D eigenvalue weighted by atomic mass is 10.2. The number of alkyl halides is 2. The molecule has 0 aliphatic heterocycles. The Balaban J connectivity index is 1.86. The molecule has 1 atom stereocenters. The van der Waals surface area contributed by atoms with Crippen molar-refractivity contribution < 1.29 is 23.0 Å². The van der Waals surface area contributed by atoms with Crippen LogP contribution in [0.2, 0.25) is 0 Å². The summed E-state index contributed by atoms with van der Waals surface area (Å²) >= 11 is 1.55. The first-order valence-corrected chi connectivity index (χ1v) is 9.09. The van der Waals surface area contributed by atoms with E-state index in [2.05, 4.69) is 10.1 Å². The minimum absolute atomic E-state index is 0.0376. The molecular formula is C19H21F2NO3S. The smallest absolute Gasteiger partial charge is 0.387 e. The van der Waals surface area contributed by atoms with Gasteiger partial charge in [0.15, 0.2) is 11.5 Å². The van der Waals surface area contributed by atoms with E-state index in [1.807, 2.05) is 37.3 Å². The summed E-state index contributed by atoms with van der Waals surface area (Å²) in [6.45, 7) is -0.791. The highest BCUT2D eigenvalue weighted by molar-refractivity contribution is 7.99. The number of carbonyl (C=O) groups is 1. The maximum Gasteiger partial charge on any atom is 0.387 e. The lowest BCUT2D eigenvalue weighted by Gasteiger charge is -2.14. The Morgan fingerprint density at radius 2 is 1.85 bits per heavy atom. The van der Waals surface area contributed by atoms with E-state index >= 15 is 0 Å². The molecule has 0 radical (unpaired) electrons. The summed E-state index contributed by atoms with van der Waals surface area (Å²) in [5.74, 6) is 0.828. The van der Waals surface area contributed by atoms with Gasteiger partial charge in [-0.05, 0) is 30.2 Å². The van der Waals surface area contributed by atoms with Crippen LogP contribution in [-0.4, -0.2) is 24.9 Å². The van der Waals surface area contributed by atoms with Crippen molar-refractivity contribution in [2.75, 3.05) is 7.11 Å². The van der Waals surface area contributed by atoms with Crippen LogP contribution in [0.1, 0.15) is 18.1 Å². The second kappa shape index (κ2) is 10.0. The molecule has 0 aliphatic rings. The van der Waals surface area contributed by atoms with Gasteiger partial charge < -0.3 is 14.8 Å². The maximum absolute atomic E-state index is 12.3. The molecule has 2 aromatic carbocycles. The normalized spacial score (nSPS) is 11.9. The van der Waals surface area contributed by atoms with Crippen LogP contribution < -0.4 is 14.8 Å². The summed E-state index contributed by atoms with van der Waals surface area (Å²) in [7, 11) is 1.37. The van der Waals surface area contributed by atoms with Crippen LogP contribution in [0.5, 0.6) is 11.5 Å². The van der Waals surface area contributed by atoms with Gasteiger partial charge >= 0.3 is 6.61 Å². The second-order valence-corrected chi connectivity index (χ2v) is 6.85. The summed E-state index contributed by atoms with van der Waals surface area (Å²) < 4.78 is 34.1. The number of benzene rings is 2. The third-order valence-electron chi connectivity index (χ3n) is 3.62. The summed E-state index contributed by atoms with van der Waals surface area (Å²) in [5, 5.41) is 2.63. The number of thioether (sulfide) groups is 1. The summed E-state index contributed by atoms with van der Waals surface area (Å²) in [4.78, 5) is 12.2. The molecule has 0 aliphatic carbocycles. The predicted molar refractivity (Wildman–Crippen MR) is 98.7 cm³/mol. The number of amides is 1. The number of methoxy groups -OCH3 is 1. The molecule has 0 saturated heterocycles. The van der Waals surface area contributed by atoms with Crippen LogP contribution in [0, 0.1) is 0 Å². The molecular weight excluding hydrogens is 360 g/mol. The van der Waals surface area contributed by atoms with E-state index in [1.165, 1.54) is 13.2 Å². The fourth-order valence-electron chi connectivity index (χ4n) is 2.22. The molecule has 2 aromatic rings. The second-order valence-electron chi connectivity index (χ2n) is 5.52. The van der Waals surface area contributed by atoms with Gasteiger partial charge in [-0.1, -0.05) is 36.4 Å². The first-order valence-electron chi connectivity index (χ1n) is 8.04. The van der Waals surface area contributed by atoms with Crippen LogP contribution >= 0.6 is 11.8 Å². The summed E-state index contributed by atoms with van der Waals surface area (Å²) in [6.07, 6.45) is 0. The lowest BCUT2D eigenvalue weighted by molar-refractivity contribution is -0.120. The number of hydrogen-bond donors (Lipinski definition) is 1. The Labute approximate surface area is 155 Å². The summed E-state index contributed by atoms with van der Waals surface area (Å²) in [6, 6.07) is 14.5. The van der Waals surface area contributed by atoms with E-state index in [0.29, 0.717) is 0 Å². The molecule has 1 unspecified atom stereocenters. The van der Waals surface area contributed by atoms with Gasteiger partial charge in [0.05, 0.1) is 12.4 Å². The summed E-state index contributed by atoms with van der Waals surface area (Å²) in [5.41, 5.74) is 1.90. The van der Waals surface area contributed by atoms with Crippen molar-refractivity contribution in [2.45, 2.75) is 31.1 Å². The molecule has 0 fully saturated rings. The maximum atomic E-state index is 12.3. The molecule has 0 heterocycles. The molecule has 140 valence electrons. The molecule has 7 heteroatoms. The van der Waals surface area contributed by atoms with Crippen LogP contribution in [0.25, 0.3) is 0 Å². The number of carbonyl (C=O) groups excluding carboxylic acids is 1. The monoisotopic (exact) mass is 381 g/mol. The van der Waals surface area contributed by atoms with Gasteiger partial charge in [-0.25, -0.2) is 0 Å². The Morgan fingerprint density at radius 3 is 2.50 bits per heavy atom. The standard InChI is InChI=1S/C19H21F2NO3S/c1-13(26-12-14-6-4-3-5-7-14)18(23)22-11-15-8-9-16(25-19(20)21)17(10-15)24-2/h3-10,13,19H,11-12H2,1-2H3,(H,22,23). The van der Waals surface area contributed by atoms with Crippen molar-refractivity contribution >= 4 is 17.7 Å². The number of nitrogens with one attached hydrogen (secondary N) is 1. The average molecular weight is 381 g/mol. The van der Waals surface area contributed by atoms with Crippen LogP contribution in [0.15, 0.2) is 48.5 Å². The van der Waals surface area contributed by atoms with Crippen LogP contribution in [-0.2, 0) is 17.1 Å². The molecule has 1 amide bonds. The zero-order valence-electron chi connectivity index (χ0n) is 14.6. The van der Waals surface area contributed by atoms with Gasteiger partial charge in [0.25, 0.3) is 0 Å². The van der Waals surface area contributed by atoms with Crippen molar-refractivity contribution in [1.29, 1.82) is 0 Å².